The molecular weight excluding hydrogens is 663 g/mol. The van der Waals surface area contributed by atoms with E-state index in [2.05, 4.69) is 133 Å². The summed E-state index contributed by atoms with van der Waals surface area (Å²) in [7, 11) is 0. The van der Waals surface area contributed by atoms with Crippen LogP contribution in [0.3, 0.4) is 0 Å². The Kier molecular flexibility index (Phi) is 7.63. The van der Waals surface area contributed by atoms with E-state index < -0.39 is 0 Å². The van der Waals surface area contributed by atoms with Crippen molar-refractivity contribution >= 4 is 32.3 Å². The first kappa shape index (κ1) is 31.8. The van der Waals surface area contributed by atoms with Gasteiger partial charge in [0.05, 0.1) is 0 Å². The number of halogens is 2. The Morgan fingerprint density at radius 1 is 0.222 bits per heavy atom. The van der Waals surface area contributed by atoms with E-state index in [1.807, 2.05) is 36.4 Å². The van der Waals surface area contributed by atoms with Crippen LogP contribution in [0.1, 0.15) is 0 Å². The number of hydrogen-bond acceptors (Lipinski definition) is 0. The summed E-state index contributed by atoms with van der Waals surface area (Å²) >= 11 is 0. The molecule has 0 nitrogen and oxygen atoms in total. The first-order valence-electron chi connectivity index (χ1n) is 18.2. The standard InChI is InChI=1S/C52H32F2/c53-37-23-19-35(20-24-37)47-31-49(41-17-9-7-15-39(41)33-11-3-1-4-12-33)45-29-27-44-48(36-21-25-38(54)26-22-36)32-50(46-30-28-43(47)51(45)52(44)46)42-18-10-8-16-40(42)34-13-5-2-6-14-34/h1-32H. The fraction of sp³-hybridized carbons (Fsp3) is 0. The minimum Gasteiger partial charge on any atom is -0.207 e. The molecule has 0 saturated heterocycles. The highest BCUT2D eigenvalue weighted by atomic mass is 19.1. The van der Waals surface area contributed by atoms with Crippen LogP contribution >= 0.6 is 0 Å². The SMILES string of the molecule is Fc1ccc(-c2cc(-c3ccccc3-c3ccccc3)c3ccc4c(-c5ccc(F)cc5)cc(-c5ccccc5-c5ccccc5)c5ccc2c3c45)cc1. The first-order valence-corrected chi connectivity index (χ1v) is 18.2. The Labute approximate surface area is 312 Å². The van der Waals surface area contributed by atoms with Crippen LogP contribution in [0.5, 0.6) is 0 Å². The Bertz CT molecular complexity index is 2760. The molecule has 2 heteroatoms. The molecule has 0 bridgehead atoms. The van der Waals surface area contributed by atoms with Crippen LogP contribution in [0.2, 0.25) is 0 Å². The van der Waals surface area contributed by atoms with E-state index in [-0.39, 0.29) is 11.6 Å². The summed E-state index contributed by atoms with van der Waals surface area (Å²) in [6.45, 7) is 0. The highest BCUT2D eigenvalue weighted by molar-refractivity contribution is 6.32. The smallest absolute Gasteiger partial charge is 0.123 e. The zero-order chi connectivity index (χ0) is 36.2. The number of rotatable bonds is 6. The lowest BCUT2D eigenvalue weighted by Gasteiger charge is -2.23. The number of hydrogen-bond donors (Lipinski definition) is 0. The van der Waals surface area contributed by atoms with Crippen molar-refractivity contribution in [2.45, 2.75) is 0 Å². The van der Waals surface area contributed by atoms with E-state index in [9.17, 15) is 8.78 Å². The van der Waals surface area contributed by atoms with Gasteiger partial charge >= 0.3 is 0 Å². The topological polar surface area (TPSA) is 0 Å². The van der Waals surface area contributed by atoms with Crippen LogP contribution in [0.4, 0.5) is 8.78 Å². The van der Waals surface area contributed by atoms with Gasteiger partial charge in [0.2, 0.25) is 0 Å². The van der Waals surface area contributed by atoms with Crippen molar-refractivity contribution in [3.05, 3.63) is 206 Å². The Balaban J connectivity index is 1.38. The van der Waals surface area contributed by atoms with Crippen molar-refractivity contribution in [1.82, 2.24) is 0 Å². The zero-order valence-corrected chi connectivity index (χ0v) is 29.2. The van der Waals surface area contributed by atoms with Crippen molar-refractivity contribution in [2.24, 2.45) is 0 Å². The Hall–Kier alpha value is -6.90. The molecule has 0 saturated carbocycles. The third-order valence-electron chi connectivity index (χ3n) is 10.8. The molecule has 54 heavy (non-hydrogen) atoms. The van der Waals surface area contributed by atoms with E-state index in [0.717, 1.165) is 99.1 Å². The monoisotopic (exact) mass is 694 g/mol. The predicted molar refractivity (Wildman–Crippen MR) is 223 cm³/mol. The van der Waals surface area contributed by atoms with Gasteiger partial charge in [-0.05, 0) is 135 Å². The van der Waals surface area contributed by atoms with Gasteiger partial charge in [-0.2, -0.15) is 0 Å². The van der Waals surface area contributed by atoms with Crippen molar-refractivity contribution in [3.63, 3.8) is 0 Å². The maximum absolute atomic E-state index is 14.4. The molecule has 0 aliphatic carbocycles. The summed E-state index contributed by atoms with van der Waals surface area (Å²) in [6.07, 6.45) is 0. The fourth-order valence-electron chi connectivity index (χ4n) is 8.35. The molecule has 0 N–H and O–H groups in total. The first-order chi connectivity index (χ1) is 26.6. The van der Waals surface area contributed by atoms with Gasteiger partial charge in [-0.3, -0.25) is 0 Å². The van der Waals surface area contributed by atoms with Crippen molar-refractivity contribution in [3.8, 4) is 66.8 Å². The average molecular weight is 695 g/mol. The van der Waals surface area contributed by atoms with Crippen molar-refractivity contribution < 1.29 is 8.78 Å². The normalized spacial score (nSPS) is 11.5. The molecule has 10 aromatic carbocycles. The second kappa shape index (κ2) is 12.9. The van der Waals surface area contributed by atoms with Gasteiger partial charge in [-0.25, -0.2) is 8.78 Å². The van der Waals surface area contributed by atoms with Gasteiger partial charge in [0, 0.05) is 0 Å². The lowest BCUT2D eigenvalue weighted by atomic mass is 9.80. The minimum absolute atomic E-state index is 0.267. The number of benzene rings is 10. The van der Waals surface area contributed by atoms with Crippen LogP contribution in [0.15, 0.2) is 194 Å². The van der Waals surface area contributed by atoms with Gasteiger partial charge in [0.25, 0.3) is 0 Å². The Morgan fingerprint density at radius 3 is 0.889 bits per heavy atom. The molecule has 0 unspecified atom stereocenters. The molecular formula is C52H32F2. The largest absolute Gasteiger partial charge is 0.207 e. The summed E-state index contributed by atoms with van der Waals surface area (Å²) in [5.41, 5.74) is 13.0. The molecule has 0 heterocycles. The van der Waals surface area contributed by atoms with Crippen LogP contribution in [0, 0.1) is 11.6 Å². The molecule has 0 radical (unpaired) electrons. The van der Waals surface area contributed by atoms with E-state index in [4.69, 9.17) is 0 Å². The van der Waals surface area contributed by atoms with Crippen molar-refractivity contribution in [2.75, 3.05) is 0 Å². The quantitative estimate of drug-likeness (QED) is 0.152. The molecule has 0 fully saturated rings. The molecule has 0 aromatic heterocycles. The summed E-state index contributed by atoms with van der Waals surface area (Å²) in [4.78, 5) is 0. The van der Waals surface area contributed by atoms with E-state index in [0.29, 0.717) is 0 Å². The second-order valence-electron chi connectivity index (χ2n) is 13.9. The minimum atomic E-state index is -0.267. The second-order valence-corrected chi connectivity index (χ2v) is 13.9. The molecule has 0 amide bonds. The van der Waals surface area contributed by atoms with Gasteiger partial charge in [-0.15, -0.1) is 0 Å². The Morgan fingerprint density at radius 2 is 0.519 bits per heavy atom. The molecule has 10 rings (SSSR count). The average Bonchev–Trinajstić information content (AvgIpc) is 3.24. The molecule has 0 spiro atoms. The summed E-state index contributed by atoms with van der Waals surface area (Å²) < 4.78 is 28.8. The summed E-state index contributed by atoms with van der Waals surface area (Å²) in [5.74, 6) is -0.534. The molecule has 10 aromatic rings. The van der Waals surface area contributed by atoms with Gasteiger partial charge < -0.3 is 0 Å². The van der Waals surface area contributed by atoms with Crippen LogP contribution in [-0.4, -0.2) is 0 Å². The van der Waals surface area contributed by atoms with Gasteiger partial charge in [0.1, 0.15) is 11.6 Å². The summed E-state index contributed by atoms with van der Waals surface area (Å²) in [6, 6.07) is 65.4. The maximum atomic E-state index is 14.4. The predicted octanol–water partition coefficient (Wildman–Crippen LogP) is 14.9. The van der Waals surface area contributed by atoms with E-state index in [1.165, 1.54) is 24.3 Å². The van der Waals surface area contributed by atoms with Gasteiger partial charge in [0.15, 0.2) is 0 Å². The third kappa shape index (κ3) is 5.26. The van der Waals surface area contributed by atoms with E-state index >= 15 is 0 Å². The summed E-state index contributed by atoms with van der Waals surface area (Å²) in [5, 5.41) is 6.74. The van der Waals surface area contributed by atoms with Gasteiger partial charge in [-0.1, -0.05) is 158 Å². The fourth-order valence-corrected chi connectivity index (χ4v) is 8.35. The lowest BCUT2D eigenvalue weighted by Crippen LogP contribution is -1.96. The highest BCUT2D eigenvalue weighted by Crippen LogP contribution is 2.50. The zero-order valence-electron chi connectivity index (χ0n) is 29.2. The maximum Gasteiger partial charge on any atom is 0.123 e. The highest BCUT2D eigenvalue weighted by Gasteiger charge is 2.23. The molecule has 0 aliphatic heterocycles. The lowest BCUT2D eigenvalue weighted by molar-refractivity contribution is 0.627. The third-order valence-corrected chi connectivity index (χ3v) is 10.8. The molecule has 254 valence electrons. The van der Waals surface area contributed by atoms with Crippen LogP contribution in [-0.2, 0) is 0 Å². The van der Waals surface area contributed by atoms with Crippen LogP contribution in [0.25, 0.3) is 99.1 Å². The molecule has 0 atom stereocenters. The molecule has 0 aliphatic rings. The van der Waals surface area contributed by atoms with Crippen molar-refractivity contribution in [1.29, 1.82) is 0 Å². The van der Waals surface area contributed by atoms with Crippen LogP contribution < -0.4 is 0 Å². The van der Waals surface area contributed by atoms with E-state index in [1.54, 1.807) is 0 Å².